The Hall–Kier alpha value is -0.990. The summed E-state index contributed by atoms with van der Waals surface area (Å²) in [5.41, 5.74) is 1.08. The van der Waals surface area contributed by atoms with Crippen LogP contribution in [0.25, 0.3) is 0 Å². The summed E-state index contributed by atoms with van der Waals surface area (Å²) in [4.78, 5) is 4.15. The molecule has 0 saturated carbocycles. The maximum atomic E-state index is 5.92. The Bertz CT molecular complexity index is 457. The van der Waals surface area contributed by atoms with E-state index in [0.717, 1.165) is 17.9 Å². The number of imidazole rings is 1. The van der Waals surface area contributed by atoms with Crippen molar-refractivity contribution in [1.82, 2.24) is 9.55 Å². The molecule has 0 radical (unpaired) electrons. The molecule has 0 N–H and O–H groups in total. The van der Waals surface area contributed by atoms with Crippen molar-refractivity contribution in [3.63, 3.8) is 0 Å². The van der Waals surface area contributed by atoms with Crippen LogP contribution in [0.2, 0.25) is 10.0 Å². The average Bonchev–Trinajstić information content (AvgIpc) is 2.50. The van der Waals surface area contributed by atoms with Crippen molar-refractivity contribution in [2.24, 2.45) is 0 Å². The summed E-state index contributed by atoms with van der Waals surface area (Å²) >= 11 is 11.8. The minimum atomic E-state index is 0.662. The van der Waals surface area contributed by atoms with Crippen LogP contribution in [0.1, 0.15) is 11.4 Å². The van der Waals surface area contributed by atoms with E-state index in [0.29, 0.717) is 10.0 Å². The fraction of sp³-hybridized carbons (Fsp3) is 0.182. The summed E-state index contributed by atoms with van der Waals surface area (Å²) in [6, 6.07) is 5.55. The molecule has 0 saturated heterocycles. The van der Waals surface area contributed by atoms with Crippen LogP contribution in [-0.2, 0) is 6.54 Å². The van der Waals surface area contributed by atoms with Gasteiger partial charge in [0.05, 0.1) is 0 Å². The Morgan fingerprint density at radius 3 is 2.40 bits per heavy atom. The Kier molecular flexibility index (Phi) is 2.98. The molecule has 1 heterocycles. The van der Waals surface area contributed by atoms with Gasteiger partial charge in [-0.25, -0.2) is 4.98 Å². The summed E-state index contributed by atoms with van der Waals surface area (Å²) < 4.78 is 2.04. The molecule has 1 aromatic carbocycles. The Morgan fingerprint density at radius 1 is 1.20 bits per heavy atom. The van der Waals surface area contributed by atoms with Crippen LogP contribution in [-0.4, -0.2) is 9.55 Å². The van der Waals surface area contributed by atoms with Gasteiger partial charge in [-0.2, -0.15) is 0 Å². The number of benzene rings is 1. The number of halogens is 2. The molecule has 4 heteroatoms. The highest BCUT2D eigenvalue weighted by atomic mass is 35.5. The van der Waals surface area contributed by atoms with E-state index in [9.17, 15) is 0 Å². The maximum absolute atomic E-state index is 5.92. The lowest BCUT2D eigenvalue weighted by atomic mass is 10.2. The topological polar surface area (TPSA) is 17.8 Å². The second-order valence-electron chi connectivity index (χ2n) is 3.38. The zero-order valence-corrected chi connectivity index (χ0v) is 9.76. The first-order chi connectivity index (χ1) is 7.15. The molecule has 2 nitrogen and oxygen atoms in total. The summed E-state index contributed by atoms with van der Waals surface area (Å²) in [5, 5.41) is 1.32. The number of rotatable bonds is 2. The van der Waals surface area contributed by atoms with Gasteiger partial charge < -0.3 is 4.57 Å². The van der Waals surface area contributed by atoms with E-state index >= 15 is 0 Å². The molecule has 2 aromatic rings. The van der Waals surface area contributed by atoms with Gasteiger partial charge in [-0.3, -0.25) is 0 Å². The molecule has 2 rings (SSSR count). The molecule has 0 atom stereocenters. The van der Waals surface area contributed by atoms with Gasteiger partial charge in [0, 0.05) is 29.0 Å². The molecule has 78 valence electrons. The van der Waals surface area contributed by atoms with Crippen molar-refractivity contribution in [3.8, 4) is 0 Å². The van der Waals surface area contributed by atoms with E-state index in [2.05, 4.69) is 4.98 Å². The van der Waals surface area contributed by atoms with Gasteiger partial charge in [-0.1, -0.05) is 23.2 Å². The quantitative estimate of drug-likeness (QED) is 0.786. The first kappa shape index (κ1) is 10.5. The number of aromatic nitrogens is 2. The predicted molar refractivity (Wildman–Crippen MR) is 62.5 cm³/mol. The first-order valence-corrected chi connectivity index (χ1v) is 5.33. The number of nitrogens with zero attached hydrogens (tertiary/aromatic N) is 2. The SMILES string of the molecule is Cc1nccn1Cc1cc(Cl)cc(Cl)c1. The molecular formula is C11H10Cl2N2. The summed E-state index contributed by atoms with van der Waals surface area (Å²) in [5.74, 6) is 0.978. The molecule has 0 bridgehead atoms. The molecule has 0 unspecified atom stereocenters. The second-order valence-corrected chi connectivity index (χ2v) is 4.25. The third-order valence-electron chi connectivity index (χ3n) is 2.20. The number of hydrogen-bond acceptors (Lipinski definition) is 1. The highest BCUT2D eigenvalue weighted by molar-refractivity contribution is 6.34. The lowest BCUT2D eigenvalue weighted by molar-refractivity contribution is 0.762. The van der Waals surface area contributed by atoms with E-state index in [4.69, 9.17) is 23.2 Å². The molecule has 0 fully saturated rings. The average molecular weight is 241 g/mol. The molecule has 15 heavy (non-hydrogen) atoms. The molecule has 0 amide bonds. The third kappa shape index (κ3) is 2.52. The smallest absolute Gasteiger partial charge is 0.105 e. The zero-order chi connectivity index (χ0) is 10.8. The molecule has 0 aliphatic rings. The van der Waals surface area contributed by atoms with E-state index in [1.165, 1.54) is 0 Å². The van der Waals surface area contributed by atoms with E-state index < -0.39 is 0 Å². The van der Waals surface area contributed by atoms with Crippen LogP contribution in [0.4, 0.5) is 0 Å². The monoisotopic (exact) mass is 240 g/mol. The van der Waals surface area contributed by atoms with Gasteiger partial charge in [-0.15, -0.1) is 0 Å². The predicted octanol–water partition coefficient (Wildman–Crippen LogP) is 3.55. The van der Waals surface area contributed by atoms with E-state index in [-0.39, 0.29) is 0 Å². The van der Waals surface area contributed by atoms with Crippen LogP contribution >= 0.6 is 23.2 Å². The molecule has 0 aliphatic heterocycles. The maximum Gasteiger partial charge on any atom is 0.105 e. The van der Waals surface area contributed by atoms with Crippen molar-refractivity contribution in [2.45, 2.75) is 13.5 Å². The van der Waals surface area contributed by atoms with Crippen LogP contribution in [0.3, 0.4) is 0 Å². The third-order valence-corrected chi connectivity index (χ3v) is 2.64. The van der Waals surface area contributed by atoms with Gasteiger partial charge in [0.1, 0.15) is 5.82 Å². The van der Waals surface area contributed by atoms with Crippen molar-refractivity contribution < 1.29 is 0 Å². The van der Waals surface area contributed by atoms with Crippen LogP contribution < -0.4 is 0 Å². The van der Waals surface area contributed by atoms with Crippen LogP contribution in [0.15, 0.2) is 30.6 Å². The van der Waals surface area contributed by atoms with Gasteiger partial charge >= 0.3 is 0 Å². The Balaban J connectivity index is 2.28. The first-order valence-electron chi connectivity index (χ1n) is 4.58. The molecular weight excluding hydrogens is 231 g/mol. The molecule has 0 spiro atoms. The van der Waals surface area contributed by atoms with Gasteiger partial charge in [0.15, 0.2) is 0 Å². The zero-order valence-electron chi connectivity index (χ0n) is 8.24. The second kappa shape index (κ2) is 4.25. The largest absolute Gasteiger partial charge is 0.331 e. The van der Waals surface area contributed by atoms with Gasteiger partial charge in [0.25, 0.3) is 0 Å². The lowest BCUT2D eigenvalue weighted by Crippen LogP contribution is -2.00. The fourth-order valence-corrected chi connectivity index (χ4v) is 2.04. The summed E-state index contributed by atoms with van der Waals surface area (Å²) in [6.07, 6.45) is 3.71. The van der Waals surface area contributed by atoms with Crippen molar-refractivity contribution in [2.75, 3.05) is 0 Å². The van der Waals surface area contributed by atoms with Crippen molar-refractivity contribution in [3.05, 3.63) is 52.0 Å². The normalized spacial score (nSPS) is 10.6. The van der Waals surface area contributed by atoms with Crippen LogP contribution in [0, 0.1) is 6.92 Å². The Labute approximate surface area is 98.5 Å². The minimum Gasteiger partial charge on any atom is -0.331 e. The van der Waals surface area contributed by atoms with Gasteiger partial charge in [0.2, 0.25) is 0 Å². The molecule has 1 aromatic heterocycles. The van der Waals surface area contributed by atoms with Crippen LogP contribution in [0.5, 0.6) is 0 Å². The lowest BCUT2D eigenvalue weighted by Gasteiger charge is -2.06. The summed E-state index contributed by atoms with van der Waals surface area (Å²) in [7, 11) is 0. The van der Waals surface area contributed by atoms with E-state index in [1.54, 1.807) is 12.3 Å². The Morgan fingerprint density at radius 2 is 1.87 bits per heavy atom. The van der Waals surface area contributed by atoms with Crippen molar-refractivity contribution in [1.29, 1.82) is 0 Å². The van der Waals surface area contributed by atoms with E-state index in [1.807, 2.05) is 29.8 Å². The highest BCUT2D eigenvalue weighted by Gasteiger charge is 2.01. The standard InChI is InChI=1S/C11H10Cl2N2/c1-8-14-2-3-15(8)7-9-4-10(12)6-11(13)5-9/h2-6H,7H2,1H3. The van der Waals surface area contributed by atoms with Gasteiger partial charge in [-0.05, 0) is 30.7 Å². The summed E-state index contributed by atoms with van der Waals surface area (Å²) in [6.45, 7) is 2.71. The number of aryl methyl sites for hydroxylation is 1. The van der Waals surface area contributed by atoms with Crippen molar-refractivity contribution >= 4 is 23.2 Å². The number of hydrogen-bond donors (Lipinski definition) is 0. The fourth-order valence-electron chi connectivity index (χ4n) is 1.47. The molecule has 0 aliphatic carbocycles. The minimum absolute atomic E-state index is 0.662. The highest BCUT2D eigenvalue weighted by Crippen LogP contribution is 2.19.